The van der Waals surface area contributed by atoms with Crippen LogP contribution in [0.25, 0.3) is 0 Å². The van der Waals surface area contributed by atoms with Gasteiger partial charge in [0.05, 0.1) is 0 Å². The number of nitrogens with one attached hydrogen (secondary N) is 2. The zero-order chi connectivity index (χ0) is 20.4. The first kappa shape index (κ1) is 18.9. The van der Waals surface area contributed by atoms with Crippen molar-refractivity contribution in [2.24, 2.45) is 0 Å². The number of benzene rings is 2. The molecule has 1 atom stereocenters. The Kier molecular flexibility index (Phi) is 4.92. The average Bonchev–Trinajstić information content (AvgIpc) is 3.13. The molecule has 1 saturated heterocycles. The molecule has 0 saturated carbocycles. The van der Waals surface area contributed by atoms with E-state index in [1.807, 2.05) is 55.5 Å². The molecule has 0 aromatic heterocycles. The van der Waals surface area contributed by atoms with Crippen LogP contribution >= 0.6 is 0 Å². The fourth-order valence-corrected chi connectivity index (χ4v) is 4.17. The van der Waals surface area contributed by atoms with Crippen molar-refractivity contribution in [2.45, 2.75) is 31.7 Å². The summed E-state index contributed by atoms with van der Waals surface area (Å²) in [4.78, 5) is 39.6. The normalized spacial score (nSPS) is 20.6. The Hall–Kier alpha value is -3.41. The summed E-state index contributed by atoms with van der Waals surface area (Å²) in [5.74, 6) is -0.851. The SMILES string of the molecule is Cc1ccccc1NC(=O)C=CC(=O)N1CCCC12Cc1ccccc1NC2=O. The summed E-state index contributed by atoms with van der Waals surface area (Å²) < 4.78 is 0. The maximum Gasteiger partial charge on any atom is 0.250 e. The minimum atomic E-state index is -0.887. The van der Waals surface area contributed by atoms with Gasteiger partial charge in [0.1, 0.15) is 5.54 Å². The maximum absolute atomic E-state index is 12.9. The van der Waals surface area contributed by atoms with Gasteiger partial charge < -0.3 is 15.5 Å². The molecule has 29 heavy (non-hydrogen) atoms. The molecule has 2 heterocycles. The number of rotatable bonds is 3. The van der Waals surface area contributed by atoms with Gasteiger partial charge in [-0.3, -0.25) is 14.4 Å². The molecule has 6 nitrogen and oxygen atoms in total. The van der Waals surface area contributed by atoms with Crippen LogP contribution < -0.4 is 10.6 Å². The summed E-state index contributed by atoms with van der Waals surface area (Å²) in [6.07, 6.45) is 4.35. The van der Waals surface area contributed by atoms with Gasteiger partial charge in [-0.15, -0.1) is 0 Å². The predicted octanol–water partition coefficient (Wildman–Crippen LogP) is 3.05. The zero-order valence-corrected chi connectivity index (χ0v) is 16.3. The second-order valence-electron chi connectivity index (χ2n) is 7.55. The van der Waals surface area contributed by atoms with Crippen molar-refractivity contribution < 1.29 is 14.4 Å². The van der Waals surface area contributed by atoms with Crippen LogP contribution in [0.15, 0.2) is 60.7 Å². The van der Waals surface area contributed by atoms with Gasteiger partial charge in [-0.25, -0.2) is 0 Å². The number of fused-ring (bicyclic) bond motifs is 1. The third-order valence-corrected chi connectivity index (χ3v) is 5.71. The third-order valence-electron chi connectivity index (χ3n) is 5.71. The molecule has 1 unspecified atom stereocenters. The first-order chi connectivity index (χ1) is 14.0. The Morgan fingerprint density at radius 3 is 2.69 bits per heavy atom. The number of hydrogen-bond acceptors (Lipinski definition) is 3. The number of hydrogen-bond donors (Lipinski definition) is 2. The van der Waals surface area contributed by atoms with E-state index >= 15 is 0 Å². The van der Waals surface area contributed by atoms with Crippen molar-refractivity contribution in [1.82, 2.24) is 4.90 Å². The molecule has 2 aromatic rings. The number of carbonyl (C=O) groups is 3. The lowest BCUT2D eigenvalue weighted by Crippen LogP contribution is -2.58. The summed E-state index contributed by atoms with van der Waals surface area (Å²) >= 11 is 0. The van der Waals surface area contributed by atoms with E-state index in [1.54, 1.807) is 4.90 Å². The Bertz CT molecular complexity index is 1010. The van der Waals surface area contributed by atoms with Crippen LogP contribution in [0.1, 0.15) is 24.0 Å². The molecule has 2 aromatic carbocycles. The molecule has 1 fully saturated rings. The van der Waals surface area contributed by atoms with Gasteiger partial charge in [0, 0.05) is 36.5 Å². The Morgan fingerprint density at radius 1 is 1.10 bits per heavy atom. The Balaban J connectivity index is 1.50. The van der Waals surface area contributed by atoms with Gasteiger partial charge in [-0.2, -0.15) is 0 Å². The fourth-order valence-electron chi connectivity index (χ4n) is 4.17. The van der Waals surface area contributed by atoms with Crippen molar-refractivity contribution in [1.29, 1.82) is 0 Å². The van der Waals surface area contributed by atoms with Gasteiger partial charge in [-0.05, 0) is 43.0 Å². The highest BCUT2D eigenvalue weighted by atomic mass is 16.2. The van der Waals surface area contributed by atoms with E-state index in [-0.39, 0.29) is 17.7 Å². The van der Waals surface area contributed by atoms with Crippen LogP contribution in [-0.4, -0.2) is 34.7 Å². The van der Waals surface area contributed by atoms with E-state index in [9.17, 15) is 14.4 Å². The number of para-hydroxylation sites is 2. The van der Waals surface area contributed by atoms with E-state index in [1.165, 1.54) is 12.2 Å². The monoisotopic (exact) mass is 389 g/mol. The smallest absolute Gasteiger partial charge is 0.250 e. The standard InChI is InChI=1S/C23H23N3O3/c1-16-7-2-4-9-18(16)24-20(27)11-12-21(28)26-14-6-13-23(26)15-17-8-3-5-10-19(17)25-22(23)29/h2-5,7-12H,6,13-15H2,1H3,(H,24,27)(H,25,29). The number of amides is 3. The molecule has 148 valence electrons. The lowest BCUT2D eigenvalue weighted by atomic mass is 9.83. The van der Waals surface area contributed by atoms with Crippen LogP contribution in [0.5, 0.6) is 0 Å². The van der Waals surface area contributed by atoms with Crippen molar-refractivity contribution >= 4 is 29.1 Å². The lowest BCUT2D eigenvalue weighted by molar-refractivity contribution is -0.139. The molecule has 0 bridgehead atoms. The van der Waals surface area contributed by atoms with Gasteiger partial charge in [-0.1, -0.05) is 36.4 Å². The molecule has 6 heteroatoms. The number of carbonyl (C=O) groups excluding carboxylic acids is 3. The highest BCUT2D eigenvalue weighted by Crippen LogP contribution is 2.39. The lowest BCUT2D eigenvalue weighted by Gasteiger charge is -2.40. The second-order valence-corrected chi connectivity index (χ2v) is 7.55. The van der Waals surface area contributed by atoms with Gasteiger partial charge >= 0.3 is 0 Å². The topological polar surface area (TPSA) is 78.5 Å². The maximum atomic E-state index is 12.9. The summed E-state index contributed by atoms with van der Waals surface area (Å²) in [5.41, 5.74) is 2.58. The average molecular weight is 389 g/mol. The fraction of sp³-hybridized carbons (Fsp3) is 0.261. The Morgan fingerprint density at radius 2 is 1.86 bits per heavy atom. The van der Waals surface area contributed by atoms with Gasteiger partial charge in [0.2, 0.25) is 11.8 Å². The van der Waals surface area contributed by atoms with Crippen molar-refractivity contribution in [3.8, 4) is 0 Å². The predicted molar refractivity (Wildman–Crippen MR) is 111 cm³/mol. The highest BCUT2D eigenvalue weighted by Gasteiger charge is 2.51. The van der Waals surface area contributed by atoms with E-state index in [0.717, 1.165) is 23.2 Å². The minimum Gasteiger partial charge on any atom is -0.324 e. The van der Waals surface area contributed by atoms with Crippen LogP contribution in [0.3, 0.4) is 0 Å². The van der Waals surface area contributed by atoms with Gasteiger partial charge in [0.15, 0.2) is 0 Å². The molecular formula is C23H23N3O3. The summed E-state index contributed by atoms with van der Waals surface area (Å²) in [7, 11) is 0. The summed E-state index contributed by atoms with van der Waals surface area (Å²) in [6.45, 7) is 2.40. The quantitative estimate of drug-likeness (QED) is 0.792. The van der Waals surface area contributed by atoms with Crippen LogP contribution in [0.4, 0.5) is 11.4 Å². The van der Waals surface area contributed by atoms with Crippen LogP contribution in [0.2, 0.25) is 0 Å². The number of aryl methyl sites for hydroxylation is 1. The minimum absolute atomic E-state index is 0.153. The molecule has 0 aliphatic carbocycles. The molecule has 0 radical (unpaired) electrons. The molecular weight excluding hydrogens is 366 g/mol. The highest BCUT2D eigenvalue weighted by molar-refractivity contribution is 6.07. The van der Waals surface area contributed by atoms with Crippen LogP contribution in [-0.2, 0) is 20.8 Å². The van der Waals surface area contributed by atoms with Crippen molar-refractivity contribution in [2.75, 3.05) is 17.2 Å². The first-order valence-electron chi connectivity index (χ1n) is 9.75. The molecule has 4 rings (SSSR count). The Labute approximate surface area is 169 Å². The number of likely N-dealkylation sites (tertiary alicyclic amines) is 1. The molecule has 1 spiro atoms. The van der Waals surface area contributed by atoms with Gasteiger partial charge in [0.25, 0.3) is 5.91 Å². The summed E-state index contributed by atoms with van der Waals surface area (Å²) in [6, 6.07) is 15.1. The third kappa shape index (κ3) is 3.53. The molecule has 2 aliphatic rings. The number of nitrogens with zero attached hydrogens (tertiary/aromatic N) is 1. The van der Waals surface area contributed by atoms with E-state index < -0.39 is 5.54 Å². The molecule has 3 amide bonds. The zero-order valence-electron chi connectivity index (χ0n) is 16.3. The van der Waals surface area contributed by atoms with E-state index in [4.69, 9.17) is 0 Å². The molecule has 2 N–H and O–H groups in total. The first-order valence-corrected chi connectivity index (χ1v) is 9.75. The second kappa shape index (κ2) is 7.54. The van der Waals surface area contributed by atoms with Crippen LogP contribution in [0, 0.1) is 6.92 Å². The van der Waals surface area contributed by atoms with E-state index in [0.29, 0.717) is 25.1 Å². The number of anilines is 2. The summed E-state index contributed by atoms with van der Waals surface area (Å²) in [5, 5.41) is 5.72. The molecule has 2 aliphatic heterocycles. The van der Waals surface area contributed by atoms with E-state index in [2.05, 4.69) is 10.6 Å². The van der Waals surface area contributed by atoms with Crippen molar-refractivity contribution in [3.63, 3.8) is 0 Å². The largest absolute Gasteiger partial charge is 0.324 e. The van der Waals surface area contributed by atoms with Crippen molar-refractivity contribution in [3.05, 3.63) is 71.8 Å².